The smallest absolute Gasteiger partial charge is 0.278 e. The number of thioether (sulfide) groups is 1. The van der Waals surface area contributed by atoms with Crippen LogP contribution in [0.25, 0.3) is 21.7 Å². The number of nitrogens with one attached hydrogen (secondary N) is 1. The second-order valence-corrected chi connectivity index (χ2v) is 10.9. The van der Waals surface area contributed by atoms with Crippen molar-refractivity contribution in [1.82, 2.24) is 19.1 Å². The number of hydrogen-bond acceptors (Lipinski definition) is 10. The Morgan fingerprint density at radius 3 is 2.65 bits per heavy atom. The summed E-state index contributed by atoms with van der Waals surface area (Å²) in [6.07, 6.45) is 1.61. The Kier molecular flexibility index (Phi) is 7.37. The van der Waals surface area contributed by atoms with Gasteiger partial charge in [0.15, 0.2) is 19.9 Å². The minimum atomic E-state index is -0.318. The Labute approximate surface area is 228 Å². The fraction of sp³-hybridized carbons (Fsp3) is 0.125. The van der Waals surface area contributed by atoms with Crippen LogP contribution in [0.5, 0.6) is 11.5 Å². The van der Waals surface area contributed by atoms with Crippen molar-refractivity contribution < 1.29 is 14.3 Å². The van der Waals surface area contributed by atoms with E-state index in [1.807, 2.05) is 30.3 Å². The zero-order chi connectivity index (χ0) is 25.9. The number of para-hydroxylation sites is 1. The highest BCUT2D eigenvalue weighted by molar-refractivity contribution is 7.99. The summed E-state index contributed by atoms with van der Waals surface area (Å²) in [5.74, 6) is 0.729. The Morgan fingerprint density at radius 2 is 1.95 bits per heavy atom. The number of amides is 1. The van der Waals surface area contributed by atoms with Crippen LogP contribution in [-0.2, 0) is 4.79 Å². The number of ether oxygens (including phenoxy) is 2. The third-order valence-electron chi connectivity index (χ3n) is 5.23. The number of anilines is 1. The van der Waals surface area contributed by atoms with Gasteiger partial charge in [-0.25, -0.2) is 9.97 Å². The van der Waals surface area contributed by atoms with E-state index in [1.54, 1.807) is 41.5 Å². The van der Waals surface area contributed by atoms with Gasteiger partial charge in [0.05, 0.1) is 25.7 Å². The molecule has 0 spiro atoms. The second-order valence-electron chi connectivity index (χ2n) is 7.44. The summed E-state index contributed by atoms with van der Waals surface area (Å²) in [6, 6.07) is 14.6. The van der Waals surface area contributed by atoms with Crippen molar-refractivity contribution in [3.05, 3.63) is 74.4 Å². The molecule has 1 amide bonds. The predicted molar refractivity (Wildman–Crippen MR) is 150 cm³/mol. The molecule has 5 aromatic rings. The monoisotopic (exact) mass is 569 g/mol. The summed E-state index contributed by atoms with van der Waals surface area (Å²) >= 11 is 9.27. The van der Waals surface area contributed by atoms with Gasteiger partial charge >= 0.3 is 0 Å². The third-order valence-corrected chi connectivity index (χ3v) is 8.21. The molecule has 0 radical (unpaired) electrons. The van der Waals surface area contributed by atoms with E-state index in [0.717, 1.165) is 17.4 Å². The average molecular weight is 570 g/mol. The Balaban J connectivity index is 1.67. The number of carbonyl (C=O) groups is 1. The van der Waals surface area contributed by atoms with Crippen molar-refractivity contribution in [1.29, 1.82) is 0 Å². The number of methoxy groups -OCH3 is 2. The fourth-order valence-corrected chi connectivity index (χ4v) is 6.24. The zero-order valence-electron chi connectivity index (χ0n) is 19.5. The molecule has 0 unspecified atom stereocenters. The summed E-state index contributed by atoms with van der Waals surface area (Å²) in [5.41, 5.74) is 1.37. The van der Waals surface area contributed by atoms with Crippen molar-refractivity contribution in [2.24, 2.45) is 0 Å². The highest BCUT2D eigenvalue weighted by Crippen LogP contribution is 2.32. The summed E-state index contributed by atoms with van der Waals surface area (Å²) in [6.45, 7) is 0. The lowest BCUT2D eigenvalue weighted by molar-refractivity contribution is -0.113. The first-order chi connectivity index (χ1) is 18.0. The maximum Gasteiger partial charge on any atom is 0.278 e. The lowest BCUT2D eigenvalue weighted by Gasteiger charge is -2.16. The summed E-state index contributed by atoms with van der Waals surface area (Å²) in [7, 11) is 3.06. The van der Waals surface area contributed by atoms with E-state index >= 15 is 0 Å². The molecular weight excluding hydrogens is 551 g/mol. The molecule has 13 heteroatoms. The van der Waals surface area contributed by atoms with Crippen LogP contribution in [0.3, 0.4) is 0 Å². The van der Waals surface area contributed by atoms with Crippen LogP contribution in [0.4, 0.5) is 5.13 Å². The van der Waals surface area contributed by atoms with E-state index < -0.39 is 0 Å². The van der Waals surface area contributed by atoms with Crippen molar-refractivity contribution in [2.45, 2.75) is 5.16 Å². The van der Waals surface area contributed by atoms with Crippen LogP contribution >= 0.6 is 46.7 Å². The molecule has 3 aromatic heterocycles. The molecule has 0 aliphatic heterocycles. The normalized spacial score (nSPS) is 11.0. The first kappa shape index (κ1) is 25.1. The Bertz CT molecular complexity index is 1690. The maximum absolute atomic E-state index is 13.9. The summed E-state index contributed by atoms with van der Waals surface area (Å²) in [5, 5.41) is 5.34. The van der Waals surface area contributed by atoms with Crippen molar-refractivity contribution in [2.75, 3.05) is 25.3 Å². The number of nitrogens with zero attached hydrogens (tertiary/aromatic N) is 4. The van der Waals surface area contributed by atoms with Crippen molar-refractivity contribution >= 4 is 68.0 Å². The molecule has 0 saturated carbocycles. The number of benzene rings is 2. The van der Waals surface area contributed by atoms with Gasteiger partial charge in [0.25, 0.3) is 5.56 Å². The highest BCUT2D eigenvalue weighted by atomic mass is 32.2. The van der Waals surface area contributed by atoms with Gasteiger partial charge in [-0.3, -0.25) is 18.7 Å². The predicted octanol–water partition coefficient (Wildman–Crippen LogP) is 5.17. The van der Waals surface area contributed by atoms with E-state index in [4.69, 9.17) is 26.7 Å². The van der Waals surface area contributed by atoms with Gasteiger partial charge in [0, 0.05) is 23.3 Å². The number of aromatic nitrogens is 4. The van der Waals surface area contributed by atoms with Crippen LogP contribution in [0, 0.1) is 3.95 Å². The maximum atomic E-state index is 13.9. The SMILES string of the molecule is COc1ccc(-n2c(SCC(=O)Nc3nccs3)nc3c(sc(=S)n3-c3ccccc3)c2=O)c(OC)c1. The molecule has 0 aliphatic rings. The molecule has 2 aromatic carbocycles. The fourth-order valence-electron chi connectivity index (χ4n) is 3.59. The summed E-state index contributed by atoms with van der Waals surface area (Å²) in [4.78, 5) is 35.5. The van der Waals surface area contributed by atoms with Gasteiger partial charge in [0.2, 0.25) is 5.91 Å². The lowest BCUT2D eigenvalue weighted by Crippen LogP contribution is -2.23. The van der Waals surface area contributed by atoms with Gasteiger partial charge in [-0.15, -0.1) is 11.3 Å². The van der Waals surface area contributed by atoms with Crippen LogP contribution in [0.2, 0.25) is 0 Å². The molecule has 1 N–H and O–H groups in total. The molecule has 9 nitrogen and oxygen atoms in total. The molecule has 0 atom stereocenters. The molecule has 3 heterocycles. The van der Waals surface area contributed by atoms with E-state index in [9.17, 15) is 9.59 Å². The zero-order valence-corrected chi connectivity index (χ0v) is 22.8. The second kappa shape index (κ2) is 10.8. The number of fused-ring (bicyclic) bond motifs is 1. The van der Waals surface area contributed by atoms with Crippen molar-refractivity contribution in [3.8, 4) is 22.9 Å². The topological polar surface area (TPSA) is 100 Å². The van der Waals surface area contributed by atoms with Crippen molar-refractivity contribution in [3.63, 3.8) is 0 Å². The van der Waals surface area contributed by atoms with Gasteiger partial charge in [-0.1, -0.05) is 41.3 Å². The van der Waals surface area contributed by atoms with E-state index in [2.05, 4.69) is 10.3 Å². The Hall–Kier alpha value is -3.52. The minimum Gasteiger partial charge on any atom is -0.497 e. The first-order valence-corrected chi connectivity index (χ1v) is 13.9. The van der Waals surface area contributed by atoms with Crippen LogP contribution in [0.15, 0.2) is 70.1 Å². The molecule has 37 heavy (non-hydrogen) atoms. The van der Waals surface area contributed by atoms with Gasteiger partial charge in [-0.05, 0) is 36.5 Å². The minimum absolute atomic E-state index is 0.00615. The Morgan fingerprint density at radius 1 is 1.14 bits per heavy atom. The molecule has 188 valence electrons. The number of thiazole rings is 2. The van der Waals surface area contributed by atoms with Gasteiger partial charge in [0.1, 0.15) is 16.2 Å². The molecule has 0 aliphatic carbocycles. The number of rotatable bonds is 8. The van der Waals surface area contributed by atoms with Crippen LogP contribution in [-0.4, -0.2) is 45.0 Å². The third kappa shape index (κ3) is 5.03. The van der Waals surface area contributed by atoms with E-state index in [-0.39, 0.29) is 17.2 Å². The molecule has 0 fully saturated rings. The number of carbonyl (C=O) groups excluding carboxylic acids is 1. The largest absolute Gasteiger partial charge is 0.497 e. The summed E-state index contributed by atoms with van der Waals surface area (Å²) < 4.78 is 15.0. The average Bonchev–Trinajstić information content (AvgIpc) is 3.55. The molecule has 0 saturated heterocycles. The van der Waals surface area contributed by atoms with Crippen LogP contribution in [0.1, 0.15) is 0 Å². The lowest BCUT2D eigenvalue weighted by atomic mass is 10.2. The first-order valence-electron chi connectivity index (χ1n) is 10.8. The highest BCUT2D eigenvalue weighted by Gasteiger charge is 2.22. The molecule has 0 bridgehead atoms. The number of hydrogen-bond donors (Lipinski definition) is 1. The molecule has 5 rings (SSSR count). The van der Waals surface area contributed by atoms with Crippen LogP contribution < -0.4 is 20.3 Å². The molecular formula is C24H19N5O4S4. The van der Waals surface area contributed by atoms with E-state index in [1.165, 1.54) is 34.4 Å². The quantitative estimate of drug-likeness (QED) is 0.155. The standard InChI is InChI=1S/C24H19N5O4S4/c1-32-15-8-9-16(17(12-15)33-2)29-21(31)19-20(28(24(34)37-19)14-6-4-3-5-7-14)27-23(29)36-13-18(30)26-22-25-10-11-35-22/h3-12H,13H2,1-2H3,(H,25,26,30). The van der Waals surface area contributed by atoms with Gasteiger partial charge < -0.3 is 14.8 Å². The van der Waals surface area contributed by atoms with Gasteiger partial charge in [-0.2, -0.15) is 0 Å². The van der Waals surface area contributed by atoms with E-state index in [0.29, 0.717) is 41.8 Å².